The van der Waals surface area contributed by atoms with E-state index in [1.807, 2.05) is 18.2 Å². The molecule has 4 heteroatoms. The maximum absolute atomic E-state index is 12.7. The van der Waals surface area contributed by atoms with Gasteiger partial charge in [0.1, 0.15) is 0 Å². The van der Waals surface area contributed by atoms with E-state index in [9.17, 15) is 9.59 Å². The summed E-state index contributed by atoms with van der Waals surface area (Å²) in [5.41, 5.74) is 4.89. The monoisotopic (exact) mass is 370 g/mol. The standard InChI is InChI=1S/C21H19ClO2S/c1-25-21(24)12-14-9-10-18(19(22)11-14)20(23)13-16-7-4-6-15-5-2-3-8-17(15)16/h2-3,5,7-11H,4,6,12-13H2,1H3. The molecule has 0 saturated carbocycles. The first-order chi connectivity index (χ1) is 12.1. The molecule has 0 radical (unpaired) electrons. The first-order valence-electron chi connectivity index (χ1n) is 8.24. The van der Waals surface area contributed by atoms with Crippen molar-refractivity contribution >= 4 is 39.8 Å². The summed E-state index contributed by atoms with van der Waals surface area (Å²) in [7, 11) is 0. The Balaban J connectivity index is 1.78. The third kappa shape index (κ3) is 4.23. The van der Waals surface area contributed by atoms with E-state index >= 15 is 0 Å². The van der Waals surface area contributed by atoms with Gasteiger partial charge in [-0.2, -0.15) is 0 Å². The molecule has 1 aliphatic rings. The third-order valence-corrected chi connectivity index (χ3v) is 5.34. The zero-order valence-corrected chi connectivity index (χ0v) is 15.6. The van der Waals surface area contributed by atoms with E-state index in [0.29, 0.717) is 23.4 Å². The molecule has 0 N–H and O–H groups in total. The lowest BCUT2D eigenvalue weighted by atomic mass is 9.87. The Labute approximate surface area is 157 Å². The minimum absolute atomic E-state index is 0.00990. The summed E-state index contributed by atoms with van der Waals surface area (Å²) >= 11 is 7.51. The molecule has 1 aliphatic carbocycles. The predicted octanol–water partition coefficient (Wildman–Crippen LogP) is 5.37. The number of aryl methyl sites for hydroxylation is 1. The molecule has 0 amide bonds. The van der Waals surface area contributed by atoms with Gasteiger partial charge in [0.05, 0.1) is 5.02 Å². The number of benzene rings is 2. The Kier molecular flexibility index (Phi) is 5.77. The average Bonchev–Trinajstić information content (AvgIpc) is 2.62. The number of rotatable bonds is 5. The van der Waals surface area contributed by atoms with Gasteiger partial charge in [-0.05, 0) is 53.5 Å². The number of carbonyl (C=O) groups is 2. The highest BCUT2D eigenvalue weighted by Crippen LogP contribution is 2.31. The van der Waals surface area contributed by atoms with Crippen LogP contribution in [0, 0.1) is 0 Å². The molecular weight excluding hydrogens is 352 g/mol. The molecule has 128 valence electrons. The van der Waals surface area contributed by atoms with Gasteiger partial charge in [-0.25, -0.2) is 0 Å². The first kappa shape index (κ1) is 18.0. The van der Waals surface area contributed by atoms with Gasteiger partial charge in [0.2, 0.25) is 0 Å². The summed E-state index contributed by atoms with van der Waals surface area (Å²) in [6, 6.07) is 13.5. The van der Waals surface area contributed by atoms with E-state index in [4.69, 9.17) is 11.6 Å². The van der Waals surface area contributed by atoms with E-state index in [1.165, 1.54) is 22.9 Å². The van der Waals surface area contributed by atoms with Crippen LogP contribution in [0.25, 0.3) is 5.57 Å². The van der Waals surface area contributed by atoms with Crippen molar-refractivity contribution < 1.29 is 9.59 Å². The minimum atomic E-state index is 0.00990. The van der Waals surface area contributed by atoms with Gasteiger partial charge in [0.25, 0.3) is 0 Å². The quantitative estimate of drug-likeness (QED) is 0.663. The third-order valence-electron chi connectivity index (χ3n) is 4.43. The lowest BCUT2D eigenvalue weighted by Gasteiger charge is -2.17. The second-order valence-electron chi connectivity index (χ2n) is 6.09. The van der Waals surface area contributed by atoms with E-state index < -0.39 is 0 Å². The van der Waals surface area contributed by atoms with E-state index in [1.54, 1.807) is 18.4 Å². The fourth-order valence-electron chi connectivity index (χ4n) is 3.13. The van der Waals surface area contributed by atoms with E-state index in [0.717, 1.165) is 24.0 Å². The van der Waals surface area contributed by atoms with Gasteiger partial charge in [-0.1, -0.05) is 59.8 Å². The lowest BCUT2D eigenvalue weighted by molar-refractivity contribution is -0.110. The fraction of sp³-hybridized carbons (Fsp3) is 0.238. The normalized spacial score (nSPS) is 13.1. The maximum atomic E-state index is 12.7. The summed E-state index contributed by atoms with van der Waals surface area (Å²) in [6.45, 7) is 0. The van der Waals surface area contributed by atoms with Crippen molar-refractivity contribution in [1.29, 1.82) is 0 Å². The van der Waals surface area contributed by atoms with Crippen LogP contribution in [0.4, 0.5) is 0 Å². The topological polar surface area (TPSA) is 34.1 Å². The molecule has 2 aromatic rings. The van der Waals surface area contributed by atoms with Crippen LogP contribution in [0.5, 0.6) is 0 Å². The lowest BCUT2D eigenvalue weighted by Crippen LogP contribution is -2.06. The molecule has 0 heterocycles. The van der Waals surface area contributed by atoms with Crippen molar-refractivity contribution in [2.45, 2.75) is 25.7 Å². The van der Waals surface area contributed by atoms with Crippen LogP contribution >= 0.6 is 23.4 Å². The van der Waals surface area contributed by atoms with Gasteiger partial charge < -0.3 is 0 Å². The predicted molar refractivity (Wildman–Crippen MR) is 105 cm³/mol. The number of carbonyl (C=O) groups excluding carboxylic acids is 2. The Hall–Kier alpha value is -1.84. The van der Waals surface area contributed by atoms with Crippen molar-refractivity contribution in [3.05, 3.63) is 75.8 Å². The average molecular weight is 371 g/mol. The first-order valence-corrected chi connectivity index (χ1v) is 9.84. The van der Waals surface area contributed by atoms with Crippen molar-refractivity contribution in [3.8, 4) is 0 Å². The molecule has 2 nitrogen and oxygen atoms in total. The molecule has 2 aromatic carbocycles. The van der Waals surface area contributed by atoms with Crippen LogP contribution in [-0.4, -0.2) is 17.2 Å². The van der Waals surface area contributed by atoms with Crippen molar-refractivity contribution in [2.75, 3.05) is 6.26 Å². The molecule has 0 aliphatic heterocycles. The number of ketones is 1. The van der Waals surface area contributed by atoms with Crippen LogP contribution in [-0.2, 0) is 17.6 Å². The SMILES string of the molecule is CSC(=O)Cc1ccc(C(=O)CC2=CCCc3ccccc32)c(Cl)c1. The van der Waals surface area contributed by atoms with E-state index in [-0.39, 0.29) is 10.9 Å². The Bertz CT molecular complexity index is 855. The van der Waals surface area contributed by atoms with Crippen molar-refractivity contribution in [3.63, 3.8) is 0 Å². The summed E-state index contributed by atoms with van der Waals surface area (Å²) < 4.78 is 0. The second-order valence-corrected chi connectivity index (χ2v) is 7.36. The van der Waals surface area contributed by atoms with Crippen LogP contribution in [0.15, 0.2) is 48.5 Å². The molecule has 0 fully saturated rings. The Morgan fingerprint density at radius 2 is 1.92 bits per heavy atom. The number of fused-ring (bicyclic) bond motifs is 1. The Morgan fingerprint density at radius 3 is 2.68 bits per heavy atom. The van der Waals surface area contributed by atoms with Crippen LogP contribution in [0.2, 0.25) is 5.02 Å². The molecule has 3 rings (SSSR count). The highest BCUT2D eigenvalue weighted by molar-refractivity contribution is 8.13. The number of thioether (sulfide) groups is 1. The van der Waals surface area contributed by atoms with Crippen molar-refractivity contribution in [2.24, 2.45) is 0 Å². The molecule has 0 unspecified atom stereocenters. The minimum Gasteiger partial charge on any atom is -0.294 e. The molecule has 25 heavy (non-hydrogen) atoms. The summed E-state index contributed by atoms with van der Waals surface area (Å²) in [4.78, 5) is 24.3. The number of hydrogen-bond acceptors (Lipinski definition) is 3. The fourth-order valence-corrected chi connectivity index (χ4v) is 3.75. The van der Waals surface area contributed by atoms with E-state index in [2.05, 4.69) is 18.2 Å². The van der Waals surface area contributed by atoms with Gasteiger partial charge in [0.15, 0.2) is 10.9 Å². The molecule has 0 spiro atoms. The highest BCUT2D eigenvalue weighted by Gasteiger charge is 2.18. The van der Waals surface area contributed by atoms with Gasteiger partial charge >= 0.3 is 0 Å². The van der Waals surface area contributed by atoms with Crippen molar-refractivity contribution in [1.82, 2.24) is 0 Å². The molecule has 0 saturated heterocycles. The zero-order valence-electron chi connectivity index (χ0n) is 14.0. The summed E-state index contributed by atoms with van der Waals surface area (Å²) in [5, 5.41) is 0.500. The summed E-state index contributed by atoms with van der Waals surface area (Å²) in [5.74, 6) is 0.00990. The number of hydrogen-bond donors (Lipinski definition) is 0. The number of Topliss-reactive ketones (excluding diaryl/α,β-unsaturated/α-hetero) is 1. The maximum Gasteiger partial charge on any atom is 0.193 e. The summed E-state index contributed by atoms with van der Waals surface area (Å²) in [6.07, 6.45) is 6.57. The van der Waals surface area contributed by atoms with Gasteiger partial charge in [-0.15, -0.1) is 0 Å². The zero-order chi connectivity index (χ0) is 17.8. The van der Waals surface area contributed by atoms with Crippen LogP contribution < -0.4 is 0 Å². The second kappa shape index (κ2) is 8.03. The highest BCUT2D eigenvalue weighted by atomic mass is 35.5. The molecule has 0 aromatic heterocycles. The van der Waals surface area contributed by atoms with Crippen LogP contribution in [0.1, 0.15) is 39.9 Å². The largest absolute Gasteiger partial charge is 0.294 e. The molecule has 0 atom stereocenters. The molecule has 0 bridgehead atoms. The van der Waals surface area contributed by atoms with Crippen LogP contribution in [0.3, 0.4) is 0 Å². The number of halogens is 1. The molecular formula is C21H19ClO2S. The van der Waals surface area contributed by atoms with Gasteiger partial charge in [-0.3, -0.25) is 9.59 Å². The Morgan fingerprint density at radius 1 is 1.12 bits per heavy atom. The van der Waals surface area contributed by atoms with Gasteiger partial charge in [0, 0.05) is 18.4 Å². The number of allylic oxidation sites excluding steroid dienone is 2. The smallest absolute Gasteiger partial charge is 0.193 e.